The number of amides is 1. The molecule has 138 valence electrons. The van der Waals surface area contributed by atoms with Crippen molar-refractivity contribution in [1.82, 2.24) is 10.6 Å². The summed E-state index contributed by atoms with van der Waals surface area (Å²) in [6.07, 6.45) is 2.64. The average molecular weight is 353 g/mol. The highest BCUT2D eigenvalue weighted by molar-refractivity contribution is 6.02. The number of aliphatic hydroxyl groups is 1. The molecule has 0 aliphatic heterocycles. The van der Waals surface area contributed by atoms with Gasteiger partial charge >= 0.3 is 0 Å². The van der Waals surface area contributed by atoms with Crippen molar-refractivity contribution < 1.29 is 18.7 Å². The lowest BCUT2D eigenvalue weighted by Gasteiger charge is -2.30. The van der Waals surface area contributed by atoms with Gasteiger partial charge in [0.2, 0.25) is 0 Å². The van der Waals surface area contributed by atoms with Crippen molar-refractivity contribution in [3.63, 3.8) is 0 Å². The first kappa shape index (κ1) is 19.3. The minimum absolute atomic E-state index is 0.0204. The van der Waals surface area contributed by atoms with E-state index in [-0.39, 0.29) is 23.2 Å². The van der Waals surface area contributed by atoms with E-state index in [1.807, 2.05) is 20.8 Å². The standard InChI is InChI=1S/C18H25F2N3O2/c1-18(2,3)23-17(21-12-5-7-13(24)8-6-12)22-16(25)11-4-9-14(19)15(20)10-11/h4,9-10,12-13,24H,5-8H2,1-3H3,(H2,21,22,23,25)/t12-,13-. The summed E-state index contributed by atoms with van der Waals surface area (Å²) in [6.45, 7) is 5.78. The molecule has 0 spiro atoms. The minimum Gasteiger partial charge on any atom is -0.393 e. The minimum atomic E-state index is -1.08. The Bertz CT molecular complexity index is 648. The van der Waals surface area contributed by atoms with Crippen LogP contribution in [0.15, 0.2) is 23.2 Å². The first-order valence-electron chi connectivity index (χ1n) is 8.45. The smallest absolute Gasteiger partial charge is 0.280 e. The van der Waals surface area contributed by atoms with Crippen molar-refractivity contribution in [2.75, 3.05) is 0 Å². The maximum absolute atomic E-state index is 13.3. The van der Waals surface area contributed by atoms with E-state index in [0.29, 0.717) is 18.8 Å². The maximum Gasteiger partial charge on any atom is 0.280 e. The quantitative estimate of drug-likeness (QED) is 0.565. The van der Waals surface area contributed by atoms with Crippen molar-refractivity contribution in [2.24, 2.45) is 4.99 Å². The Labute approximate surface area is 146 Å². The van der Waals surface area contributed by atoms with E-state index in [0.717, 1.165) is 25.0 Å². The first-order valence-corrected chi connectivity index (χ1v) is 8.45. The van der Waals surface area contributed by atoms with E-state index in [4.69, 9.17) is 0 Å². The molecule has 1 saturated carbocycles. The highest BCUT2D eigenvalue weighted by Crippen LogP contribution is 2.18. The van der Waals surface area contributed by atoms with Gasteiger partial charge in [0.1, 0.15) is 0 Å². The van der Waals surface area contributed by atoms with E-state index in [9.17, 15) is 18.7 Å². The highest BCUT2D eigenvalue weighted by Gasteiger charge is 2.22. The van der Waals surface area contributed by atoms with Crippen LogP contribution in [0.5, 0.6) is 0 Å². The number of nitrogens with zero attached hydrogens (tertiary/aromatic N) is 1. The van der Waals surface area contributed by atoms with Crippen molar-refractivity contribution in [3.05, 3.63) is 35.4 Å². The van der Waals surface area contributed by atoms with Crippen molar-refractivity contribution in [3.8, 4) is 0 Å². The second-order valence-electron chi connectivity index (χ2n) is 7.42. The average Bonchev–Trinajstić information content (AvgIpc) is 2.50. The van der Waals surface area contributed by atoms with Gasteiger partial charge in [-0.15, -0.1) is 0 Å². The topological polar surface area (TPSA) is 73.7 Å². The van der Waals surface area contributed by atoms with Crippen LogP contribution in [0.25, 0.3) is 0 Å². The molecule has 1 aromatic rings. The number of carbonyl (C=O) groups excluding carboxylic acids is 1. The second-order valence-corrected chi connectivity index (χ2v) is 7.42. The molecule has 7 heteroatoms. The lowest BCUT2D eigenvalue weighted by atomic mass is 9.93. The van der Waals surface area contributed by atoms with Crippen LogP contribution >= 0.6 is 0 Å². The number of benzene rings is 1. The number of nitrogens with one attached hydrogen (secondary N) is 2. The zero-order chi connectivity index (χ0) is 18.6. The third kappa shape index (κ3) is 6.08. The summed E-state index contributed by atoms with van der Waals surface area (Å²) in [7, 11) is 0. The summed E-state index contributed by atoms with van der Waals surface area (Å²) < 4.78 is 26.3. The number of hydrogen-bond donors (Lipinski definition) is 3. The van der Waals surface area contributed by atoms with Crippen LogP contribution in [-0.2, 0) is 0 Å². The molecule has 0 saturated heterocycles. The maximum atomic E-state index is 13.3. The molecular weight excluding hydrogens is 328 g/mol. The summed E-state index contributed by atoms with van der Waals surface area (Å²) in [6, 6.07) is 3.04. The lowest BCUT2D eigenvalue weighted by Crippen LogP contribution is -2.51. The largest absolute Gasteiger partial charge is 0.393 e. The predicted molar refractivity (Wildman–Crippen MR) is 92.4 cm³/mol. The zero-order valence-electron chi connectivity index (χ0n) is 14.8. The first-order chi connectivity index (χ1) is 11.6. The van der Waals surface area contributed by atoms with Crippen LogP contribution in [0.3, 0.4) is 0 Å². The van der Waals surface area contributed by atoms with Crippen LogP contribution in [0, 0.1) is 11.6 Å². The zero-order valence-corrected chi connectivity index (χ0v) is 14.8. The molecule has 0 radical (unpaired) electrons. The molecule has 1 aliphatic carbocycles. The monoisotopic (exact) mass is 353 g/mol. The number of carbonyl (C=O) groups is 1. The normalized spacial score (nSPS) is 21.8. The van der Waals surface area contributed by atoms with Gasteiger partial charge < -0.3 is 15.7 Å². The van der Waals surface area contributed by atoms with Gasteiger partial charge in [-0.1, -0.05) is 0 Å². The number of rotatable bonds is 2. The third-order valence-corrected chi connectivity index (χ3v) is 3.91. The number of halogens is 2. The van der Waals surface area contributed by atoms with Gasteiger partial charge in [0.05, 0.1) is 6.10 Å². The molecule has 0 aromatic heterocycles. The van der Waals surface area contributed by atoms with E-state index < -0.39 is 17.5 Å². The molecule has 0 heterocycles. The number of aliphatic hydroxyl groups excluding tert-OH is 1. The highest BCUT2D eigenvalue weighted by atomic mass is 19.2. The van der Waals surface area contributed by atoms with Crippen LogP contribution in [0.2, 0.25) is 0 Å². The molecule has 1 amide bonds. The number of aliphatic imine (C=N–C) groups is 1. The fourth-order valence-electron chi connectivity index (χ4n) is 2.66. The number of guanidine groups is 1. The predicted octanol–water partition coefficient (Wildman–Crippen LogP) is 2.74. The molecule has 1 aromatic carbocycles. The Balaban J connectivity index is 2.16. The van der Waals surface area contributed by atoms with E-state index in [2.05, 4.69) is 15.6 Å². The molecule has 0 unspecified atom stereocenters. The van der Waals surface area contributed by atoms with E-state index in [1.165, 1.54) is 6.07 Å². The van der Waals surface area contributed by atoms with Gasteiger partial charge in [-0.05, 0) is 64.7 Å². The number of hydrogen-bond acceptors (Lipinski definition) is 2. The molecule has 0 bridgehead atoms. The second kappa shape index (κ2) is 7.91. The van der Waals surface area contributed by atoms with E-state index >= 15 is 0 Å². The Morgan fingerprint density at radius 3 is 2.36 bits per heavy atom. The molecule has 0 atom stereocenters. The molecule has 2 rings (SSSR count). The summed E-state index contributed by atoms with van der Waals surface area (Å²) in [5, 5.41) is 15.9. The Hall–Kier alpha value is -2.02. The third-order valence-electron chi connectivity index (χ3n) is 3.91. The van der Waals surface area contributed by atoms with E-state index in [1.54, 1.807) is 0 Å². The van der Waals surface area contributed by atoms with Gasteiger partial charge in [0.15, 0.2) is 17.6 Å². The fourth-order valence-corrected chi connectivity index (χ4v) is 2.66. The summed E-state index contributed by atoms with van der Waals surface area (Å²) in [5.41, 5.74) is -0.359. The Morgan fingerprint density at radius 2 is 1.80 bits per heavy atom. The lowest BCUT2D eigenvalue weighted by molar-refractivity contribution is 0.0999. The molecule has 3 N–H and O–H groups in total. The Morgan fingerprint density at radius 1 is 1.16 bits per heavy atom. The molecular formula is C18H25F2N3O2. The van der Waals surface area contributed by atoms with Crippen LogP contribution in [0.4, 0.5) is 8.78 Å². The fraction of sp³-hybridized carbons (Fsp3) is 0.556. The Kier molecular flexibility index (Phi) is 6.11. The summed E-state index contributed by atoms with van der Waals surface area (Å²) >= 11 is 0. The van der Waals surface area contributed by atoms with Gasteiger partial charge in [-0.2, -0.15) is 4.99 Å². The van der Waals surface area contributed by atoms with Crippen LogP contribution < -0.4 is 10.6 Å². The molecule has 1 aliphatic rings. The van der Waals surface area contributed by atoms with Crippen molar-refractivity contribution in [1.29, 1.82) is 0 Å². The molecule has 1 fully saturated rings. The van der Waals surface area contributed by atoms with Gasteiger partial charge in [-0.3, -0.25) is 4.79 Å². The van der Waals surface area contributed by atoms with Crippen molar-refractivity contribution in [2.45, 2.75) is 64.1 Å². The summed E-state index contributed by atoms with van der Waals surface area (Å²) in [5.74, 6) is -2.45. The van der Waals surface area contributed by atoms with Crippen LogP contribution in [-0.4, -0.2) is 34.7 Å². The summed E-state index contributed by atoms with van der Waals surface area (Å²) in [4.78, 5) is 16.3. The molecule has 25 heavy (non-hydrogen) atoms. The van der Waals surface area contributed by atoms with Gasteiger partial charge in [-0.25, -0.2) is 8.78 Å². The van der Waals surface area contributed by atoms with Gasteiger partial charge in [0.25, 0.3) is 5.91 Å². The SMILES string of the molecule is CC(C)(C)N/C(=N/C(=O)c1ccc(F)c(F)c1)N[C@H]1CC[C@H](O)CC1. The van der Waals surface area contributed by atoms with Gasteiger partial charge in [0, 0.05) is 17.1 Å². The van der Waals surface area contributed by atoms with Crippen LogP contribution in [0.1, 0.15) is 56.8 Å². The molecule has 5 nitrogen and oxygen atoms in total. The van der Waals surface area contributed by atoms with Crippen molar-refractivity contribution >= 4 is 11.9 Å².